The number of carbonyl (C=O) groups is 6. The van der Waals surface area contributed by atoms with Crippen molar-refractivity contribution in [3.63, 3.8) is 0 Å². The Kier molecular flexibility index (Phi) is 22.3. The van der Waals surface area contributed by atoms with Gasteiger partial charge in [-0.3, -0.25) is 0 Å². The third-order valence-corrected chi connectivity index (χ3v) is 16.8. The second-order valence-corrected chi connectivity index (χ2v) is 23.2. The molecule has 9 aromatic rings. The number of rotatable bonds is 13. The standard InChI is InChI=1S/C26H25ClN2O7.C23H21ClN2O5.C20H17ClN2O3.ClH/c1-3-34-25(32)29-12-11-16-7-10-18-21(24(30)31)23(36-26(33)35-4-2)20(28-22(18)19(16)14-29)13-15-5-8-17(27)9-6-15;1-2-31-23(30)26-10-9-14-5-8-16-19(22(28)29)21(27)18(25-20(16)17(14)12-26)11-13-3-6-15(24)7-4-13;21-13-4-1-11(2-5-13)9-16-19(24)17(20(25)26)14-6-3-12-7-8-22-10-15(12)18(14)23-16;/h5-10H,3-4,11-14H2,1-2H3,(H,30,31);3-8,27H,2,9-12H2,1H3,(H,28,29);1-6,22,24H,7-10H2,(H,25,26);1H. The van der Waals surface area contributed by atoms with Crippen LogP contribution in [0.4, 0.5) is 14.4 Å². The molecular weight excluding hydrogens is 1290 g/mol. The third kappa shape index (κ3) is 15.3. The van der Waals surface area contributed by atoms with E-state index in [1.165, 1.54) is 5.56 Å². The molecule has 3 aliphatic rings. The van der Waals surface area contributed by atoms with Gasteiger partial charge in [0.1, 0.15) is 16.7 Å². The molecule has 0 saturated carbocycles. The number of fused-ring (bicyclic) bond motifs is 9. The fraction of sp³-hybridized carbons (Fsp3) is 0.261. The normalized spacial score (nSPS) is 13.0. The molecule has 6 heterocycles. The van der Waals surface area contributed by atoms with Crippen LogP contribution in [-0.4, -0.2) is 126 Å². The number of ether oxygens (including phenoxy) is 4. The lowest BCUT2D eigenvalue weighted by molar-refractivity contribution is 0.0680. The van der Waals surface area contributed by atoms with Crippen molar-refractivity contribution in [1.29, 1.82) is 0 Å². The summed E-state index contributed by atoms with van der Waals surface area (Å²) >= 11 is 17.9. The molecule has 0 spiro atoms. The average Bonchev–Trinajstić information content (AvgIpc) is 0.765. The van der Waals surface area contributed by atoms with Gasteiger partial charge in [0, 0.05) is 81.3 Å². The van der Waals surface area contributed by atoms with Crippen LogP contribution >= 0.6 is 47.2 Å². The SMILES string of the molecule is CCOC(=O)N1CCc2ccc3c(C(=O)O)c(O)c(Cc4ccc(Cl)cc4)nc3c2C1.CCOC(=O)Oc1c(Cc2ccc(Cl)cc2)nc2c3c(ccc2c1C(=O)O)CCN(C(=O)OCC)C3.Cl.O=C(O)c1c(O)c(Cc2ccc(Cl)cc2)nc2c3c(ccc12)CCNC3. The molecule has 0 aliphatic carbocycles. The molecule has 0 saturated heterocycles. The molecule has 0 atom stereocenters. The maximum atomic E-state index is 12.5. The fourth-order valence-corrected chi connectivity index (χ4v) is 12.0. The molecule has 3 aliphatic heterocycles. The highest BCUT2D eigenvalue weighted by atomic mass is 35.5. The van der Waals surface area contributed by atoms with Crippen LogP contribution < -0.4 is 10.1 Å². The highest BCUT2D eigenvalue weighted by molar-refractivity contribution is 6.31. The molecular formula is C69H64Cl4N6O15. The molecule has 6 N–H and O–H groups in total. The van der Waals surface area contributed by atoms with Crippen molar-refractivity contribution in [2.24, 2.45) is 0 Å². The van der Waals surface area contributed by atoms with Crippen LogP contribution in [0.2, 0.25) is 15.1 Å². The number of nitrogens with zero attached hydrogens (tertiary/aromatic N) is 5. The van der Waals surface area contributed by atoms with Crippen molar-refractivity contribution in [3.8, 4) is 17.2 Å². The van der Waals surface area contributed by atoms with Crippen molar-refractivity contribution in [2.45, 2.75) is 78.9 Å². The number of aromatic nitrogens is 3. The van der Waals surface area contributed by atoms with Crippen LogP contribution in [0, 0.1) is 0 Å². The minimum absolute atomic E-state index is 0. The largest absolute Gasteiger partial charge is 0.513 e. The van der Waals surface area contributed by atoms with E-state index in [9.17, 15) is 54.3 Å². The summed E-state index contributed by atoms with van der Waals surface area (Å²) in [5, 5.41) is 57.2. The van der Waals surface area contributed by atoms with Crippen molar-refractivity contribution in [1.82, 2.24) is 30.1 Å². The first kappa shape index (κ1) is 68.8. The fourth-order valence-electron chi connectivity index (χ4n) is 11.6. The average molecular weight is 1360 g/mol. The number of benzene rings is 6. The smallest absolute Gasteiger partial charge is 0.505 e. The van der Waals surface area contributed by atoms with Gasteiger partial charge < -0.3 is 59.6 Å². The van der Waals surface area contributed by atoms with E-state index in [1.54, 1.807) is 109 Å². The van der Waals surface area contributed by atoms with E-state index in [1.807, 2.05) is 30.3 Å². The lowest BCUT2D eigenvalue weighted by Gasteiger charge is -2.29. The van der Waals surface area contributed by atoms with Gasteiger partial charge in [-0.15, -0.1) is 12.4 Å². The first-order chi connectivity index (χ1) is 44.7. The molecule has 6 aromatic carbocycles. The van der Waals surface area contributed by atoms with Crippen molar-refractivity contribution in [2.75, 3.05) is 39.5 Å². The molecule has 3 aromatic heterocycles. The first-order valence-corrected chi connectivity index (χ1v) is 31.0. The lowest BCUT2D eigenvalue weighted by Crippen LogP contribution is -2.36. The number of hydrogen-bond donors (Lipinski definition) is 6. The van der Waals surface area contributed by atoms with Crippen LogP contribution in [0.25, 0.3) is 32.7 Å². The summed E-state index contributed by atoms with van der Waals surface area (Å²) in [7, 11) is 0. The summed E-state index contributed by atoms with van der Waals surface area (Å²) in [6.07, 6.45) is 0.927. The van der Waals surface area contributed by atoms with Gasteiger partial charge in [0.15, 0.2) is 17.2 Å². The molecule has 21 nitrogen and oxygen atoms in total. The van der Waals surface area contributed by atoms with E-state index < -0.39 is 36.2 Å². The number of carboxylic acid groups (broad SMARTS) is 3. The Hall–Kier alpha value is -9.51. The summed E-state index contributed by atoms with van der Waals surface area (Å²) in [5.74, 6) is -4.48. The zero-order valence-electron chi connectivity index (χ0n) is 51.1. The minimum Gasteiger partial charge on any atom is -0.505 e. The number of carbonyl (C=O) groups excluding carboxylic acids is 3. The maximum Gasteiger partial charge on any atom is 0.513 e. The minimum atomic E-state index is -1.28. The highest BCUT2D eigenvalue weighted by Gasteiger charge is 2.32. The van der Waals surface area contributed by atoms with E-state index in [-0.39, 0.29) is 103 Å². The Bertz CT molecular complexity index is 4400. The molecule has 94 heavy (non-hydrogen) atoms. The lowest BCUT2D eigenvalue weighted by atomic mass is 9.93. The van der Waals surface area contributed by atoms with Crippen molar-refractivity contribution in [3.05, 3.63) is 208 Å². The van der Waals surface area contributed by atoms with Crippen LogP contribution in [0.15, 0.2) is 109 Å². The van der Waals surface area contributed by atoms with Gasteiger partial charge in [0.25, 0.3) is 0 Å². The maximum absolute atomic E-state index is 12.5. The van der Waals surface area contributed by atoms with Gasteiger partial charge >= 0.3 is 36.2 Å². The predicted molar refractivity (Wildman–Crippen MR) is 355 cm³/mol. The molecule has 488 valence electrons. The van der Waals surface area contributed by atoms with E-state index in [0.717, 1.165) is 57.5 Å². The predicted octanol–water partition coefficient (Wildman–Crippen LogP) is 13.6. The Balaban J connectivity index is 0.000000167. The summed E-state index contributed by atoms with van der Waals surface area (Å²) in [5.41, 5.74) is 10.1. The molecule has 12 rings (SSSR count). The molecule has 0 fully saturated rings. The van der Waals surface area contributed by atoms with Crippen LogP contribution in [0.5, 0.6) is 17.2 Å². The van der Waals surface area contributed by atoms with Gasteiger partial charge in [-0.2, -0.15) is 0 Å². The van der Waals surface area contributed by atoms with Crippen LogP contribution in [-0.2, 0) is 72.4 Å². The second kappa shape index (κ2) is 30.5. The van der Waals surface area contributed by atoms with E-state index in [4.69, 9.17) is 58.7 Å². The zero-order chi connectivity index (χ0) is 66.2. The monoisotopic (exact) mass is 1360 g/mol. The number of aromatic hydroxyl groups is 2. The number of nitrogens with one attached hydrogen (secondary N) is 1. The van der Waals surface area contributed by atoms with Crippen LogP contribution in [0.3, 0.4) is 0 Å². The van der Waals surface area contributed by atoms with Crippen molar-refractivity contribution >= 4 is 116 Å². The quantitative estimate of drug-likeness (QED) is 0.0462. The molecule has 0 bridgehead atoms. The van der Waals surface area contributed by atoms with Gasteiger partial charge in [-0.1, -0.05) is 108 Å². The number of amides is 2. The van der Waals surface area contributed by atoms with Gasteiger partial charge in [0.05, 0.1) is 66.5 Å². The van der Waals surface area contributed by atoms with Crippen molar-refractivity contribution < 1.29 is 73.2 Å². The molecule has 25 heteroatoms. The Morgan fingerprint density at radius 3 is 1.23 bits per heavy atom. The Morgan fingerprint density at radius 2 is 0.840 bits per heavy atom. The Labute approximate surface area is 560 Å². The second-order valence-electron chi connectivity index (χ2n) is 21.9. The molecule has 0 unspecified atom stereocenters. The summed E-state index contributed by atoms with van der Waals surface area (Å²) < 4.78 is 20.6. The summed E-state index contributed by atoms with van der Waals surface area (Å²) in [6, 6.07) is 31.9. The summed E-state index contributed by atoms with van der Waals surface area (Å²) in [6.45, 7) is 8.70. The first-order valence-electron chi connectivity index (χ1n) is 29.9. The topological polar surface area (TPSA) is 298 Å². The molecule has 0 radical (unpaired) electrons. The number of hydrogen-bond acceptors (Lipinski definition) is 16. The summed E-state index contributed by atoms with van der Waals surface area (Å²) in [4.78, 5) is 90.5. The van der Waals surface area contributed by atoms with E-state index in [0.29, 0.717) is 92.4 Å². The number of aromatic carboxylic acids is 3. The van der Waals surface area contributed by atoms with Gasteiger partial charge in [0.2, 0.25) is 0 Å². The number of pyridine rings is 3. The van der Waals surface area contributed by atoms with Gasteiger partial charge in [-0.25, -0.2) is 43.7 Å². The highest BCUT2D eigenvalue weighted by Crippen LogP contribution is 2.39. The number of carboxylic acids is 3. The zero-order valence-corrected chi connectivity index (χ0v) is 54.2. The van der Waals surface area contributed by atoms with Gasteiger partial charge in [-0.05, 0) is 122 Å². The molecule has 2 amide bonds. The Morgan fingerprint density at radius 1 is 0.479 bits per heavy atom. The van der Waals surface area contributed by atoms with E-state index >= 15 is 0 Å². The van der Waals surface area contributed by atoms with Crippen LogP contribution in [0.1, 0.15) is 119 Å². The van der Waals surface area contributed by atoms with E-state index in [2.05, 4.69) is 15.3 Å². The number of halogens is 4. The third-order valence-electron chi connectivity index (χ3n) is 16.1.